The van der Waals surface area contributed by atoms with Crippen LogP contribution in [-0.4, -0.2) is 48.3 Å². The zero-order chi connectivity index (χ0) is 17.3. The molecule has 1 fully saturated rings. The minimum absolute atomic E-state index is 0.0801. The molecule has 0 spiro atoms. The SMILES string of the molecule is CN1CCN(c2ccc(-c3cccc(C(F)(F)F)c3F)nn2)CC1. The van der Waals surface area contributed by atoms with Crippen LogP contribution in [0.1, 0.15) is 5.56 Å². The number of rotatable bonds is 2. The highest BCUT2D eigenvalue weighted by Crippen LogP contribution is 2.35. The quantitative estimate of drug-likeness (QED) is 0.787. The smallest absolute Gasteiger partial charge is 0.353 e. The third-order valence-electron chi connectivity index (χ3n) is 4.06. The van der Waals surface area contributed by atoms with Gasteiger partial charge in [-0.15, -0.1) is 10.2 Å². The average molecular weight is 340 g/mol. The van der Waals surface area contributed by atoms with E-state index in [9.17, 15) is 17.6 Å². The molecular formula is C16H16F4N4. The predicted octanol–water partition coefficient (Wildman–Crippen LogP) is 3.05. The summed E-state index contributed by atoms with van der Waals surface area (Å²) in [5.41, 5.74) is -1.43. The van der Waals surface area contributed by atoms with Crippen LogP contribution in [0.4, 0.5) is 23.4 Å². The van der Waals surface area contributed by atoms with Gasteiger partial charge in [-0.05, 0) is 31.3 Å². The lowest BCUT2D eigenvalue weighted by Gasteiger charge is -2.32. The first-order valence-electron chi connectivity index (χ1n) is 7.49. The number of alkyl halides is 3. The monoisotopic (exact) mass is 340 g/mol. The molecule has 0 unspecified atom stereocenters. The van der Waals surface area contributed by atoms with Crippen molar-refractivity contribution in [2.75, 3.05) is 38.1 Å². The van der Waals surface area contributed by atoms with Crippen molar-refractivity contribution in [3.63, 3.8) is 0 Å². The molecule has 0 bridgehead atoms. The molecule has 3 rings (SSSR count). The summed E-state index contributed by atoms with van der Waals surface area (Å²) in [6.07, 6.45) is -4.74. The van der Waals surface area contributed by atoms with Gasteiger partial charge < -0.3 is 9.80 Å². The predicted molar refractivity (Wildman–Crippen MR) is 82.1 cm³/mol. The molecule has 2 aromatic rings. The normalized spacial score (nSPS) is 16.5. The molecular weight excluding hydrogens is 324 g/mol. The fourth-order valence-electron chi connectivity index (χ4n) is 2.62. The van der Waals surface area contributed by atoms with Gasteiger partial charge in [-0.3, -0.25) is 0 Å². The largest absolute Gasteiger partial charge is 0.419 e. The van der Waals surface area contributed by atoms with Crippen LogP contribution in [0, 0.1) is 5.82 Å². The van der Waals surface area contributed by atoms with Crippen molar-refractivity contribution in [2.45, 2.75) is 6.18 Å². The Labute approximate surface area is 136 Å². The van der Waals surface area contributed by atoms with E-state index in [0.29, 0.717) is 11.9 Å². The highest BCUT2D eigenvalue weighted by Gasteiger charge is 2.35. The molecule has 0 amide bonds. The first-order chi connectivity index (χ1) is 11.4. The Balaban J connectivity index is 1.86. The summed E-state index contributed by atoms with van der Waals surface area (Å²) >= 11 is 0. The summed E-state index contributed by atoms with van der Waals surface area (Å²) in [7, 11) is 2.03. The second-order valence-corrected chi connectivity index (χ2v) is 5.73. The maximum Gasteiger partial charge on any atom is 0.419 e. The molecule has 24 heavy (non-hydrogen) atoms. The molecule has 0 radical (unpaired) electrons. The lowest BCUT2D eigenvalue weighted by Crippen LogP contribution is -2.44. The Kier molecular flexibility index (Phi) is 4.40. The summed E-state index contributed by atoms with van der Waals surface area (Å²) in [4.78, 5) is 4.23. The van der Waals surface area contributed by atoms with Crippen molar-refractivity contribution in [3.05, 3.63) is 41.7 Å². The van der Waals surface area contributed by atoms with E-state index in [0.717, 1.165) is 32.2 Å². The Morgan fingerprint density at radius 3 is 2.25 bits per heavy atom. The molecule has 128 valence electrons. The van der Waals surface area contributed by atoms with E-state index in [1.165, 1.54) is 12.1 Å². The first kappa shape index (κ1) is 16.6. The zero-order valence-electron chi connectivity index (χ0n) is 13.0. The van der Waals surface area contributed by atoms with Crippen molar-refractivity contribution < 1.29 is 17.6 Å². The molecule has 4 nitrogen and oxygen atoms in total. The number of piperazine rings is 1. The molecule has 1 aliphatic rings. The van der Waals surface area contributed by atoms with E-state index in [2.05, 4.69) is 15.1 Å². The summed E-state index contributed by atoms with van der Waals surface area (Å²) < 4.78 is 52.5. The van der Waals surface area contributed by atoms with E-state index >= 15 is 0 Å². The van der Waals surface area contributed by atoms with Gasteiger partial charge in [0.25, 0.3) is 0 Å². The number of hydrogen-bond donors (Lipinski definition) is 0. The molecule has 0 aliphatic carbocycles. The number of aromatic nitrogens is 2. The van der Waals surface area contributed by atoms with Gasteiger partial charge in [0, 0.05) is 31.7 Å². The number of halogens is 4. The molecule has 8 heteroatoms. The van der Waals surface area contributed by atoms with Crippen LogP contribution >= 0.6 is 0 Å². The molecule has 1 aromatic heterocycles. The van der Waals surface area contributed by atoms with Crippen LogP contribution in [0.2, 0.25) is 0 Å². The maximum atomic E-state index is 14.1. The van der Waals surface area contributed by atoms with Crippen molar-refractivity contribution in [3.8, 4) is 11.3 Å². The van der Waals surface area contributed by atoms with Crippen molar-refractivity contribution in [1.29, 1.82) is 0 Å². The third-order valence-corrected chi connectivity index (χ3v) is 4.06. The molecule has 1 aromatic carbocycles. The first-order valence-corrected chi connectivity index (χ1v) is 7.49. The number of benzene rings is 1. The fraction of sp³-hybridized carbons (Fsp3) is 0.375. The topological polar surface area (TPSA) is 32.3 Å². The lowest BCUT2D eigenvalue weighted by atomic mass is 10.1. The molecule has 2 heterocycles. The number of likely N-dealkylation sites (N-methyl/N-ethyl adjacent to an activating group) is 1. The minimum atomic E-state index is -4.74. The van der Waals surface area contributed by atoms with Crippen molar-refractivity contribution >= 4 is 5.82 Å². The second-order valence-electron chi connectivity index (χ2n) is 5.73. The summed E-state index contributed by atoms with van der Waals surface area (Å²) in [5.74, 6) is -0.689. The van der Waals surface area contributed by atoms with Crippen LogP contribution in [0.25, 0.3) is 11.3 Å². The zero-order valence-corrected chi connectivity index (χ0v) is 13.0. The van der Waals surface area contributed by atoms with E-state index in [-0.39, 0.29) is 11.3 Å². The molecule has 0 N–H and O–H groups in total. The van der Waals surface area contributed by atoms with Gasteiger partial charge in [-0.1, -0.05) is 6.07 Å². The molecule has 1 saturated heterocycles. The highest BCUT2D eigenvalue weighted by molar-refractivity contribution is 5.62. The second kappa shape index (κ2) is 6.35. The Morgan fingerprint density at radius 1 is 0.958 bits per heavy atom. The van der Waals surface area contributed by atoms with Crippen LogP contribution in [0.3, 0.4) is 0 Å². The van der Waals surface area contributed by atoms with Crippen LogP contribution < -0.4 is 4.90 Å². The maximum absolute atomic E-state index is 14.1. The van der Waals surface area contributed by atoms with Gasteiger partial charge in [0.2, 0.25) is 0 Å². The van der Waals surface area contributed by atoms with E-state index in [1.54, 1.807) is 6.07 Å². The van der Waals surface area contributed by atoms with Gasteiger partial charge >= 0.3 is 6.18 Å². The van der Waals surface area contributed by atoms with Gasteiger partial charge in [0.15, 0.2) is 5.82 Å². The van der Waals surface area contributed by atoms with Crippen LogP contribution in [0.5, 0.6) is 0 Å². The van der Waals surface area contributed by atoms with Gasteiger partial charge in [0.1, 0.15) is 5.82 Å². The van der Waals surface area contributed by atoms with Gasteiger partial charge in [-0.2, -0.15) is 13.2 Å². The van der Waals surface area contributed by atoms with E-state index in [1.807, 2.05) is 11.9 Å². The number of anilines is 1. The fourth-order valence-corrected chi connectivity index (χ4v) is 2.62. The Bertz CT molecular complexity index is 707. The molecule has 0 saturated carbocycles. The highest BCUT2D eigenvalue weighted by atomic mass is 19.4. The standard InChI is InChI=1S/C16H16F4N4/c1-23-7-9-24(10-8-23)14-6-5-13(21-22-14)11-3-2-4-12(15(11)17)16(18,19)20/h2-6H,7-10H2,1H3. The van der Waals surface area contributed by atoms with Crippen molar-refractivity contribution in [1.82, 2.24) is 15.1 Å². The summed E-state index contributed by atoms with van der Waals surface area (Å²) in [6.45, 7) is 3.38. The van der Waals surface area contributed by atoms with Crippen molar-refractivity contribution in [2.24, 2.45) is 0 Å². The third kappa shape index (κ3) is 3.33. The minimum Gasteiger partial charge on any atom is -0.353 e. The Morgan fingerprint density at radius 2 is 1.67 bits per heavy atom. The molecule has 1 aliphatic heterocycles. The average Bonchev–Trinajstić information content (AvgIpc) is 2.55. The van der Waals surface area contributed by atoms with E-state index < -0.39 is 17.6 Å². The van der Waals surface area contributed by atoms with Crippen LogP contribution in [0.15, 0.2) is 30.3 Å². The lowest BCUT2D eigenvalue weighted by molar-refractivity contribution is -0.139. The van der Waals surface area contributed by atoms with Gasteiger partial charge in [0.05, 0.1) is 11.3 Å². The van der Waals surface area contributed by atoms with E-state index in [4.69, 9.17) is 0 Å². The number of nitrogens with zero attached hydrogens (tertiary/aromatic N) is 4. The Hall–Kier alpha value is -2.22. The van der Waals surface area contributed by atoms with Gasteiger partial charge in [-0.25, -0.2) is 4.39 Å². The number of hydrogen-bond acceptors (Lipinski definition) is 4. The van der Waals surface area contributed by atoms with Crippen LogP contribution in [-0.2, 0) is 6.18 Å². The molecule has 0 atom stereocenters. The summed E-state index contributed by atoms with van der Waals surface area (Å²) in [5, 5.41) is 7.96. The summed E-state index contributed by atoms with van der Waals surface area (Å²) in [6, 6.07) is 6.30.